The predicted octanol–water partition coefficient (Wildman–Crippen LogP) is 3.42. The van der Waals surface area contributed by atoms with Crippen LogP contribution in [0.1, 0.15) is 42.1 Å². The first-order valence-corrected chi connectivity index (χ1v) is 9.15. The van der Waals surface area contributed by atoms with Gasteiger partial charge >= 0.3 is 5.97 Å². The molecule has 1 saturated carbocycles. The first kappa shape index (κ1) is 17.8. The maximum atomic E-state index is 12.5. The maximum Gasteiger partial charge on any atom is 0.335 e. The van der Waals surface area contributed by atoms with Crippen LogP contribution >= 0.6 is 0 Å². The van der Waals surface area contributed by atoms with E-state index in [1.807, 2.05) is 10.7 Å². The molecule has 0 saturated heterocycles. The highest BCUT2D eigenvalue weighted by atomic mass is 16.4. The molecule has 1 aliphatic carbocycles. The highest BCUT2D eigenvalue weighted by molar-refractivity contribution is 5.92. The van der Waals surface area contributed by atoms with Crippen molar-refractivity contribution < 1.29 is 9.90 Å². The van der Waals surface area contributed by atoms with E-state index in [1.54, 1.807) is 18.3 Å². The third-order valence-corrected chi connectivity index (χ3v) is 5.06. The molecule has 8 nitrogen and oxygen atoms in total. The number of nitriles is 1. The molecule has 1 atom stereocenters. The van der Waals surface area contributed by atoms with Gasteiger partial charge in [0.25, 0.3) is 5.56 Å². The summed E-state index contributed by atoms with van der Waals surface area (Å²) in [5.41, 5.74) is 1.30. The molecule has 28 heavy (non-hydrogen) atoms. The number of aromatic amines is 1. The lowest BCUT2D eigenvalue weighted by molar-refractivity contribution is 0.0697. The molecule has 3 aromatic rings. The van der Waals surface area contributed by atoms with Gasteiger partial charge in [-0.2, -0.15) is 10.4 Å². The van der Waals surface area contributed by atoms with Gasteiger partial charge in [-0.25, -0.2) is 4.79 Å². The molecule has 1 unspecified atom stereocenters. The molecule has 0 bridgehead atoms. The van der Waals surface area contributed by atoms with Crippen LogP contribution in [0.3, 0.4) is 0 Å². The molecule has 8 heteroatoms. The molecule has 0 aliphatic heterocycles. The number of carbonyl (C=O) groups is 1. The number of fused-ring (bicyclic) bond motifs is 1. The molecular weight excluding hydrogens is 358 g/mol. The van der Waals surface area contributed by atoms with Crippen molar-refractivity contribution in [3.63, 3.8) is 0 Å². The Bertz CT molecular complexity index is 1120. The second-order valence-electron chi connectivity index (χ2n) is 6.97. The van der Waals surface area contributed by atoms with Gasteiger partial charge in [-0.15, -0.1) is 0 Å². The van der Waals surface area contributed by atoms with Crippen molar-refractivity contribution >= 4 is 28.4 Å². The minimum atomic E-state index is -0.998. The van der Waals surface area contributed by atoms with Gasteiger partial charge in [-0.1, -0.05) is 0 Å². The number of nitrogens with one attached hydrogen (secondary N) is 2. The zero-order chi connectivity index (χ0) is 19.7. The molecule has 0 radical (unpaired) electrons. The molecule has 0 amide bonds. The van der Waals surface area contributed by atoms with Crippen LogP contribution in [0.25, 0.3) is 10.9 Å². The van der Waals surface area contributed by atoms with Gasteiger partial charge < -0.3 is 15.4 Å². The van der Waals surface area contributed by atoms with Gasteiger partial charge in [0.15, 0.2) is 5.82 Å². The highest BCUT2D eigenvalue weighted by Crippen LogP contribution is 2.43. The largest absolute Gasteiger partial charge is 0.478 e. The molecule has 0 spiro atoms. The van der Waals surface area contributed by atoms with Crippen LogP contribution in [0, 0.1) is 17.2 Å². The van der Waals surface area contributed by atoms with E-state index in [9.17, 15) is 9.59 Å². The molecule has 142 valence electrons. The average molecular weight is 377 g/mol. The second-order valence-corrected chi connectivity index (χ2v) is 6.97. The number of benzene rings is 1. The van der Waals surface area contributed by atoms with Crippen molar-refractivity contribution in [1.82, 2.24) is 14.8 Å². The number of nitrogens with zero attached hydrogens (tertiary/aromatic N) is 3. The number of anilines is 2. The number of rotatable bonds is 7. The van der Waals surface area contributed by atoms with E-state index in [0.717, 1.165) is 18.4 Å². The van der Waals surface area contributed by atoms with Crippen LogP contribution in [-0.2, 0) is 0 Å². The Morgan fingerprint density at radius 2 is 2.11 bits per heavy atom. The summed E-state index contributed by atoms with van der Waals surface area (Å²) in [5, 5.41) is 26.3. The average Bonchev–Trinajstić information content (AvgIpc) is 3.46. The number of carboxylic acid groups (broad SMARTS) is 1. The zero-order valence-electron chi connectivity index (χ0n) is 15.1. The van der Waals surface area contributed by atoms with Crippen molar-refractivity contribution in [2.75, 3.05) is 5.32 Å². The molecule has 3 N–H and O–H groups in total. The van der Waals surface area contributed by atoms with Crippen LogP contribution in [0.5, 0.6) is 0 Å². The lowest BCUT2D eigenvalue weighted by atomic mass is 10.1. The Morgan fingerprint density at radius 1 is 1.36 bits per heavy atom. The number of hydrogen-bond donors (Lipinski definition) is 3. The van der Waals surface area contributed by atoms with E-state index in [1.165, 1.54) is 12.1 Å². The van der Waals surface area contributed by atoms with Crippen molar-refractivity contribution in [2.24, 2.45) is 5.92 Å². The van der Waals surface area contributed by atoms with Gasteiger partial charge in [0.1, 0.15) is 5.39 Å². The minimum absolute atomic E-state index is 0.0777. The number of pyridine rings is 1. The third kappa shape index (κ3) is 3.34. The zero-order valence-corrected chi connectivity index (χ0v) is 15.1. The summed E-state index contributed by atoms with van der Waals surface area (Å²) in [4.78, 5) is 26.2. The second kappa shape index (κ2) is 7.19. The van der Waals surface area contributed by atoms with E-state index in [0.29, 0.717) is 35.7 Å². The van der Waals surface area contributed by atoms with Crippen LogP contribution in [-0.4, -0.2) is 25.8 Å². The number of hydrogen-bond acceptors (Lipinski definition) is 5. The summed E-state index contributed by atoms with van der Waals surface area (Å²) in [6.07, 6.45) is 4.92. The summed E-state index contributed by atoms with van der Waals surface area (Å²) in [6, 6.07) is 10.4. The van der Waals surface area contributed by atoms with E-state index in [4.69, 9.17) is 10.4 Å². The fraction of sp³-hybridized carbons (Fsp3) is 0.300. The molecule has 4 rings (SSSR count). The van der Waals surface area contributed by atoms with Crippen molar-refractivity contribution in [2.45, 2.75) is 31.7 Å². The van der Waals surface area contributed by atoms with Crippen LogP contribution < -0.4 is 10.9 Å². The molecular formula is C20H19N5O3. The Balaban J connectivity index is 1.75. The Labute approximate surface area is 160 Å². The van der Waals surface area contributed by atoms with Gasteiger partial charge in [0.05, 0.1) is 23.2 Å². The van der Waals surface area contributed by atoms with Crippen molar-refractivity contribution in [3.8, 4) is 6.07 Å². The summed E-state index contributed by atoms with van der Waals surface area (Å²) in [6.45, 7) is 0. The van der Waals surface area contributed by atoms with Crippen molar-refractivity contribution in [3.05, 3.63) is 52.4 Å². The smallest absolute Gasteiger partial charge is 0.335 e. The summed E-state index contributed by atoms with van der Waals surface area (Å²) in [5.74, 6) is -0.108. The van der Waals surface area contributed by atoms with E-state index >= 15 is 0 Å². The predicted molar refractivity (Wildman–Crippen MR) is 104 cm³/mol. The van der Waals surface area contributed by atoms with Gasteiger partial charge in [0.2, 0.25) is 0 Å². The summed E-state index contributed by atoms with van der Waals surface area (Å²) >= 11 is 0. The van der Waals surface area contributed by atoms with Gasteiger partial charge in [0, 0.05) is 18.3 Å². The van der Waals surface area contributed by atoms with Crippen molar-refractivity contribution in [1.29, 1.82) is 5.26 Å². The Morgan fingerprint density at radius 3 is 2.75 bits per heavy atom. The van der Waals surface area contributed by atoms with Crippen LogP contribution in [0.4, 0.5) is 11.5 Å². The normalized spacial score (nSPS) is 14.5. The fourth-order valence-electron chi connectivity index (χ4n) is 3.52. The van der Waals surface area contributed by atoms with E-state index in [-0.39, 0.29) is 17.2 Å². The third-order valence-electron chi connectivity index (χ3n) is 5.06. The van der Waals surface area contributed by atoms with Gasteiger partial charge in [-0.05, 0) is 55.5 Å². The van der Waals surface area contributed by atoms with Crippen LogP contribution in [0.15, 0.2) is 41.3 Å². The van der Waals surface area contributed by atoms with Gasteiger partial charge in [-0.3, -0.25) is 9.48 Å². The maximum absolute atomic E-state index is 12.5. The molecule has 2 aromatic heterocycles. The number of carboxylic acids is 1. The van der Waals surface area contributed by atoms with Crippen LogP contribution in [0.2, 0.25) is 0 Å². The standard InChI is InChI=1S/C20H19N5O3/c21-10-1-2-15(12-3-4-12)25-16-9-11-22-19(26)17(16)18(24-25)23-14-7-5-13(6-8-14)20(27)28/h5-9,11-12,15H,1-4H2,(H,22,26)(H,23,24)(H,27,28). The minimum Gasteiger partial charge on any atom is -0.478 e. The molecule has 1 aromatic carbocycles. The highest BCUT2D eigenvalue weighted by Gasteiger charge is 2.34. The number of H-pyrrole nitrogens is 1. The number of aromatic nitrogens is 3. The molecule has 2 heterocycles. The topological polar surface area (TPSA) is 124 Å². The van der Waals surface area contributed by atoms with E-state index < -0.39 is 5.97 Å². The quantitative estimate of drug-likeness (QED) is 0.579. The monoisotopic (exact) mass is 377 g/mol. The molecule has 1 fully saturated rings. The number of aromatic carboxylic acids is 1. The Hall–Kier alpha value is -3.60. The molecule has 1 aliphatic rings. The summed E-state index contributed by atoms with van der Waals surface area (Å²) in [7, 11) is 0. The first-order valence-electron chi connectivity index (χ1n) is 9.15. The Kier molecular flexibility index (Phi) is 4.57. The lowest BCUT2D eigenvalue weighted by Gasteiger charge is -2.16. The summed E-state index contributed by atoms with van der Waals surface area (Å²) < 4.78 is 1.87. The lowest BCUT2D eigenvalue weighted by Crippen LogP contribution is -2.13. The first-order chi connectivity index (χ1) is 13.6. The van der Waals surface area contributed by atoms with E-state index in [2.05, 4.69) is 21.5 Å². The SMILES string of the molecule is N#CCCC(C1CC1)n1nc(Nc2ccc(C(=O)O)cc2)c2c(=O)[nH]ccc21. The fourth-order valence-corrected chi connectivity index (χ4v) is 3.52.